The second-order valence-corrected chi connectivity index (χ2v) is 5.01. The second-order valence-electron chi connectivity index (χ2n) is 5.01. The van der Waals surface area contributed by atoms with Crippen molar-refractivity contribution in [1.82, 2.24) is 14.7 Å². The van der Waals surface area contributed by atoms with Gasteiger partial charge in [-0.05, 0) is 19.9 Å². The first kappa shape index (κ1) is 14.2. The molecule has 98 valence electrons. The third-order valence-corrected chi connectivity index (χ3v) is 3.68. The lowest BCUT2D eigenvalue weighted by Crippen LogP contribution is -2.33. The number of aromatic nitrogens is 2. The maximum absolute atomic E-state index is 5.92. The van der Waals surface area contributed by atoms with E-state index in [4.69, 9.17) is 5.73 Å². The van der Waals surface area contributed by atoms with Crippen molar-refractivity contribution in [3.63, 3.8) is 0 Å². The molecule has 0 fully saturated rings. The summed E-state index contributed by atoms with van der Waals surface area (Å²) in [6.45, 7) is 8.32. The fourth-order valence-electron chi connectivity index (χ4n) is 2.14. The van der Waals surface area contributed by atoms with E-state index in [1.807, 2.05) is 17.9 Å². The summed E-state index contributed by atoms with van der Waals surface area (Å²) in [4.78, 5) is 2.35. The van der Waals surface area contributed by atoms with Crippen molar-refractivity contribution in [2.75, 3.05) is 20.1 Å². The molecule has 2 atom stereocenters. The van der Waals surface area contributed by atoms with Crippen LogP contribution >= 0.6 is 0 Å². The Balaban J connectivity index is 2.80. The van der Waals surface area contributed by atoms with Crippen LogP contribution in [0.3, 0.4) is 0 Å². The Hall–Kier alpha value is -0.870. The van der Waals surface area contributed by atoms with Crippen LogP contribution in [0.1, 0.15) is 37.6 Å². The zero-order valence-corrected chi connectivity index (χ0v) is 11.8. The molecule has 4 nitrogen and oxygen atoms in total. The standard InChI is InChI=1S/C13H26N4/c1-6-10(2)9-16(4)13(7-14)12-8-15-17(5)11(12)3/h8,10,13H,6-7,9,14H2,1-5H3. The first-order valence-corrected chi connectivity index (χ1v) is 6.40. The Morgan fingerprint density at radius 3 is 2.59 bits per heavy atom. The van der Waals surface area contributed by atoms with Crippen molar-refractivity contribution in [2.45, 2.75) is 33.2 Å². The molecule has 0 aliphatic heterocycles. The van der Waals surface area contributed by atoms with Gasteiger partial charge >= 0.3 is 0 Å². The lowest BCUT2D eigenvalue weighted by atomic mass is 10.0. The van der Waals surface area contributed by atoms with E-state index in [1.165, 1.54) is 17.7 Å². The van der Waals surface area contributed by atoms with Crippen LogP contribution in [0.4, 0.5) is 0 Å². The Bertz CT molecular complexity index is 345. The molecule has 2 unspecified atom stereocenters. The van der Waals surface area contributed by atoms with Crippen molar-refractivity contribution in [3.8, 4) is 0 Å². The molecule has 1 rings (SSSR count). The molecule has 0 aromatic carbocycles. The number of nitrogens with zero attached hydrogens (tertiary/aromatic N) is 3. The first-order valence-electron chi connectivity index (χ1n) is 6.40. The van der Waals surface area contributed by atoms with Crippen LogP contribution < -0.4 is 5.73 Å². The number of likely N-dealkylation sites (N-methyl/N-ethyl adjacent to an activating group) is 1. The highest BCUT2D eigenvalue weighted by Gasteiger charge is 2.20. The van der Waals surface area contributed by atoms with Gasteiger partial charge in [0.15, 0.2) is 0 Å². The van der Waals surface area contributed by atoms with Crippen LogP contribution in [0.5, 0.6) is 0 Å². The van der Waals surface area contributed by atoms with Crippen LogP contribution in [0.2, 0.25) is 0 Å². The van der Waals surface area contributed by atoms with Crippen LogP contribution in [0.15, 0.2) is 6.20 Å². The molecule has 1 heterocycles. The second kappa shape index (κ2) is 6.17. The van der Waals surface area contributed by atoms with Gasteiger partial charge in [-0.2, -0.15) is 5.10 Å². The summed E-state index contributed by atoms with van der Waals surface area (Å²) >= 11 is 0. The Labute approximate surface area is 105 Å². The topological polar surface area (TPSA) is 47.1 Å². The van der Waals surface area contributed by atoms with Gasteiger partial charge in [-0.25, -0.2) is 0 Å². The molecule has 0 aliphatic carbocycles. The number of hydrogen-bond donors (Lipinski definition) is 1. The number of hydrogen-bond acceptors (Lipinski definition) is 3. The largest absolute Gasteiger partial charge is 0.329 e. The summed E-state index contributed by atoms with van der Waals surface area (Å²) in [5, 5.41) is 4.30. The summed E-state index contributed by atoms with van der Waals surface area (Å²) in [6.07, 6.45) is 3.15. The van der Waals surface area contributed by atoms with Crippen LogP contribution in [-0.2, 0) is 7.05 Å². The third kappa shape index (κ3) is 3.30. The van der Waals surface area contributed by atoms with Gasteiger partial charge in [0.1, 0.15) is 0 Å². The Morgan fingerprint density at radius 2 is 2.18 bits per heavy atom. The smallest absolute Gasteiger partial charge is 0.0540 e. The summed E-state index contributed by atoms with van der Waals surface area (Å²) in [6, 6.07) is 0.276. The molecule has 1 aromatic rings. The highest BCUT2D eigenvalue weighted by atomic mass is 15.3. The van der Waals surface area contributed by atoms with E-state index in [-0.39, 0.29) is 6.04 Å². The van der Waals surface area contributed by atoms with E-state index in [0.717, 1.165) is 6.54 Å². The van der Waals surface area contributed by atoms with Crippen LogP contribution in [0, 0.1) is 12.8 Å². The summed E-state index contributed by atoms with van der Waals surface area (Å²) < 4.78 is 1.91. The number of rotatable bonds is 6. The molecule has 0 aliphatic rings. The molecule has 0 saturated carbocycles. The van der Waals surface area contributed by atoms with Crippen molar-refractivity contribution in [3.05, 3.63) is 17.5 Å². The average molecular weight is 238 g/mol. The molecule has 0 saturated heterocycles. The highest BCUT2D eigenvalue weighted by molar-refractivity contribution is 5.21. The Morgan fingerprint density at radius 1 is 1.53 bits per heavy atom. The minimum atomic E-state index is 0.276. The van der Waals surface area contributed by atoms with E-state index < -0.39 is 0 Å². The van der Waals surface area contributed by atoms with Crippen molar-refractivity contribution >= 4 is 0 Å². The van der Waals surface area contributed by atoms with E-state index >= 15 is 0 Å². The van der Waals surface area contributed by atoms with E-state index in [0.29, 0.717) is 12.5 Å². The minimum Gasteiger partial charge on any atom is -0.329 e. The van der Waals surface area contributed by atoms with Crippen molar-refractivity contribution in [2.24, 2.45) is 18.7 Å². The number of aryl methyl sites for hydroxylation is 1. The molecule has 0 amide bonds. The van der Waals surface area contributed by atoms with Gasteiger partial charge in [0.25, 0.3) is 0 Å². The van der Waals surface area contributed by atoms with Crippen LogP contribution in [-0.4, -0.2) is 34.8 Å². The predicted octanol–water partition coefficient (Wildman–Crippen LogP) is 1.71. The lowest BCUT2D eigenvalue weighted by Gasteiger charge is -2.29. The zero-order chi connectivity index (χ0) is 13.0. The number of nitrogens with two attached hydrogens (primary N) is 1. The van der Waals surface area contributed by atoms with Gasteiger partial charge in [-0.15, -0.1) is 0 Å². The fraction of sp³-hybridized carbons (Fsp3) is 0.769. The lowest BCUT2D eigenvalue weighted by molar-refractivity contribution is 0.214. The van der Waals surface area contributed by atoms with E-state index in [1.54, 1.807) is 0 Å². The monoisotopic (exact) mass is 238 g/mol. The summed E-state index contributed by atoms with van der Waals surface area (Å²) in [5.74, 6) is 0.700. The van der Waals surface area contributed by atoms with Gasteiger partial charge in [0, 0.05) is 31.4 Å². The van der Waals surface area contributed by atoms with Gasteiger partial charge < -0.3 is 5.73 Å². The molecular weight excluding hydrogens is 212 g/mol. The third-order valence-electron chi connectivity index (χ3n) is 3.68. The van der Waals surface area contributed by atoms with Gasteiger partial charge in [-0.3, -0.25) is 9.58 Å². The summed E-state index contributed by atoms with van der Waals surface area (Å²) in [7, 11) is 4.12. The van der Waals surface area contributed by atoms with Crippen molar-refractivity contribution in [1.29, 1.82) is 0 Å². The molecule has 1 aromatic heterocycles. The quantitative estimate of drug-likeness (QED) is 0.820. The maximum Gasteiger partial charge on any atom is 0.0540 e. The highest BCUT2D eigenvalue weighted by Crippen LogP contribution is 2.22. The minimum absolute atomic E-state index is 0.276. The fourth-order valence-corrected chi connectivity index (χ4v) is 2.14. The van der Waals surface area contributed by atoms with E-state index in [2.05, 4.69) is 37.8 Å². The molecular formula is C13H26N4. The molecule has 0 radical (unpaired) electrons. The molecule has 0 bridgehead atoms. The predicted molar refractivity (Wildman–Crippen MR) is 71.8 cm³/mol. The normalized spacial score (nSPS) is 15.2. The SMILES string of the molecule is CCC(C)CN(C)C(CN)c1cnn(C)c1C. The molecule has 17 heavy (non-hydrogen) atoms. The molecule has 0 spiro atoms. The first-order chi connectivity index (χ1) is 8.01. The molecule has 4 heteroatoms. The maximum atomic E-state index is 5.92. The van der Waals surface area contributed by atoms with Gasteiger partial charge in [0.2, 0.25) is 0 Å². The van der Waals surface area contributed by atoms with Crippen molar-refractivity contribution < 1.29 is 0 Å². The van der Waals surface area contributed by atoms with Gasteiger partial charge in [-0.1, -0.05) is 20.3 Å². The Kier molecular flexibility index (Phi) is 5.15. The van der Waals surface area contributed by atoms with Gasteiger partial charge in [0.05, 0.1) is 12.2 Å². The molecule has 2 N–H and O–H groups in total. The van der Waals surface area contributed by atoms with Crippen LogP contribution in [0.25, 0.3) is 0 Å². The average Bonchev–Trinajstić information content (AvgIpc) is 2.62. The summed E-state index contributed by atoms with van der Waals surface area (Å²) in [5.41, 5.74) is 8.38. The van der Waals surface area contributed by atoms with E-state index in [9.17, 15) is 0 Å². The zero-order valence-electron chi connectivity index (χ0n) is 11.8.